The molecule has 4 heteroatoms. The van der Waals surface area contributed by atoms with Gasteiger partial charge in [-0.3, -0.25) is 4.90 Å². The summed E-state index contributed by atoms with van der Waals surface area (Å²) in [5.41, 5.74) is 7.88. The molecule has 1 saturated heterocycles. The maximum atomic E-state index is 5.59. The first-order valence-electron chi connectivity index (χ1n) is 5.87. The number of hydrogen-bond donors (Lipinski definition) is 1. The lowest BCUT2D eigenvalue weighted by Crippen LogP contribution is -2.39. The maximum Gasteiger partial charge on any atom is 0.103 e. The van der Waals surface area contributed by atoms with Crippen molar-refractivity contribution in [2.24, 2.45) is 5.73 Å². The van der Waals surface area contributed by atoms with Crippen LogP contribution in [0.2, 0.25) is 0 Å². The van der Waals surface area contributed by atoms with E-state index in [1.807, 2.05) is 23.9 Å². The van der Waals surface area contributed by atoms with E-state index in [2.05, 4.69) is 24.0 Å². The van der Waals surface area contributed by atoms with Crippen LogP contribution in [0.4, 0.5) is 0 Å². The molecule has 92 valence electrons. The lowest BCUT2D eigenvalue weighted by atomic mass is 10.1. The van der Waals surface area contributed by atoms with Crippen LogP contribution in [-0.2, 0) is 6.54 Å². The van der Waals surface area contributed by atoms with Crippen molar-refractivity contribution in [3.63, 3.8) is 0 Å². The van der Waals surface area contributed by atoms with Gasteiger partial charge in [0, 0.05) is 36.2 Å². The van der Waals surface area contributed by atoms with E-state index in [-0.39, 0.29) is 0 Å². The second kappa shape index (κ2) is 5.85. The van der Waals surface area contributed by atoms with Crippen molar-refractivity contribution in [3.8, 4) is 0 Å². The summed E-state index contributed by atoms with van der Waals surface area (Å²) >= 11 is 7.00. The molecule has 2 nitrogen and oxygen atoms in total. The van der Waals surface area contributed by atoms with E-state index in [0.717, 1.165) is 12.1 Å². The Morgan fingerprint density at radius 2 is 2.18 bits per heavy atom. The number of nitrogens with two attached hydrogens (primary N) is 1. The summed E-state index contributed by atoms with van der Waals surface area (Å²) in [7, 11) is 0. The second-order valence-corrected chi connectivity index (χ2v) is 6.05. The van der Waals surface area contributed by atoms with Crippen LogP contribution in [0.25, 0.3) is 0 Å². The van der Waals surface area contributed by atoms with Gasteiger partial charge in [0.15, 0.2) is 0 Å². The third-order valence-electron chi connectivity index (χ3n) is 3.13. The predicted molar refractivity (Wildman–Crippen MR) is 79.5 cm³/mol. The summed E-state index contributed by atoms with van der Waals surface area (Å²) in [6, 6.07) is 8.96. The fourth-order valence-corrected chi connectivity index (χ4v) is 3.22. The number of benzene rings is 1. The minimum Gasteiger partial charge on any atom is -0.389 e. The topological polar surface area (TPSA) is 29.3 Å². The average Bonchev–Trinajstić information content (AvgIpc) is 2.33. The molecule has 0 aromatic heterocycles. The Hall–Kier alpha value is -0.580. The van der Waals surface area contributed by atoms with Crippen LogP contribution in [-0.4, -0.2) is 34.0 Å². The summed E-state index contributed by atoms with van der Waals surface area (Å²) in [6.07, 6.45) is 0. The van der Waals surface area contributed by atoms with E-state index in [1.165, 1.54) is 23.6 Å². The van der Waals surface area contributed by atoms with Crippen LogP contribution in [0.15, 0.2) is 24.3 Å². The quantitative estimate of drug-likeness (QED) is 0.850. The highest BCUT2D eigenvalue weighted by Gasteiger charge is 2.18. The van der Waals surface area contributed by atoms with Gasteiger partial charge >= 0.3 is 0 Å². The van der Waals surface area contributed by atoms with Crippen LogP contribution in [0.1, 0.15) is 18.1 Å². The van der Waals surface area contributed by atoms with Gasteiger partial charge in [0.05, 0.1) is 0 Å². The monoisotopic (exact) mass is 266 g/mol. The number of rotatable bonds is 3. The first kappa shape index (κ1) is 12.9. The number of thiocarbonyl (C=S) groups is 1. The zero-order valence-electron chi connectivity index (χ0n) is 10.1. The summed E-state index contributed by atoms with van der Waals surface area (Å²) in [4.78, 5) is 3.01. The molecule has 0 bridgehead atoms. The van der Waals surface area contributed by atoms with Crippen LogP contribution in [0, 0.1) is 0 Å². The van der Waals surface area contributed by atoms with E-state index < -0.39 is 0 Å². The summed E-state index contributed by atoms with van der Waals surface area (Å²) in [6.45, 7) is 4.51. The minimum absolute atomic E-state index is 0.472. The van der Waals surface area contributed by atoms with Crippen molar-refractivity contribution in [2.45, 2.75) is 19.5 Å². The zero-order valence-corrected chi connectivity index (χ0v) is 11.7. The molecule has 1 unspecified atom stereocenters. The van der Waals surface area contributed by atoms with E-state index >= 15 is 0 Å². The van der Waals surface area contributed by atoms with Gasteiger partial charge in [-0.25, -0.2) is 0 Å². The SMILES string of the molecule is CC1CSCCN1Cc1ccc(C(N)=S)cc1. The highest BCUT2D eigenvalue weighted by Crippen LogP contribution is 2.18. The first-order chi connectivity index (χ1) is 8.16. The van der Waals surface area contributed by atoms with Crippen molar-refractivity contribution in [3.05, 3.63) is 35.4 Å². The van der Waals surface area contributed by atoms with Crippen molar-refractivity contribution < 1.29 is 0 Å². The van der Waals surface area contributed by atoms with Gasteiger partial charge in [-0.2, -0.15) is 11.8 Å². The third kappa shape index (κ3) is 3.44. The molecule has 1 aromatic rings. The number of nitrogens with zero attached hydrogens (tertiary/aromatic N) is 1. The smallest absolute Gasteiger partial charge is 0.103 e. The Balaban J connectivity index is 2.00. The maximum absolute atomic E-state index is 5.59. The van der Waals surface area contributed by atoms with Crippen LogP contribution in [0.5, 0.6) is 0 Å². The molecule has 2 rings (SSSR count). The Morgan fingerprint density at radius 1 is 1.47 bits per heavy atom. The molecule has 1 aromatic carbocycles. The fraction of sp³-hybridized carbons (Fsp3) is 0.462. The molecule has 0 spiro atoms. The van der Waals surface area contributed by atoms with Gasteiger partial charge in [0.2, 0.25) is 0 Å². The molecule has 0 aliphatic carbocycles. The largest absolute Gasteiger partial charge is 0.389 e. The van der Waals surface area contributed by atoms with Crippen LogP contribution < -0.4 is 5.73 Å². The molecule has 1 aliphatic heterocycles. The molecule has 2 N–H and O–H groups in total. The Bertz CT molecular complexity index is 389. The second-order valence-electron chi connectivity index (χ2n) is 4.46. The van der Waals surface area contributed by atoms with Gasteiger partial charge in [-0.15, -0.1) is 0 Å². The molecular formula is C13H18N2S2. The molecule has 17 heavy (non-hydrogen) atoms. The van der Waals surface area contributed by atoms with Crippen LogP contribution in [0.3, 0.4) is 0 Å². The van der Waals surface area contributed by atoms with Gasteiger partial charge in [-0.05, 0) is 12.5 Å². The van der Waals surface area contributed by atoms with Crippen molar-refractivity contribution in [1.29, 1.82) is 0 Å². The number of hydrogen-bond acceptors (Lipinski definition) is 3. The van der Waals surface area contributed by atoms with Crippen molar-refractivity contribution in [1.82, 2.24) is 4.90 Å². The van der Waals surface area contributed by atoms with Crippen LogP contribution >= 0.6 is 24.0 Å². The van der Waals surface area contributed by atoms with E-state index in [0.29, 0.717) is 11.0 Å². The normalized spacial score (nSPS) is 21.4. The molecular weight excluding hydrogens is 248 g/mol. The Labute approximate surface area is 113 Å². The lowest BCUT2D eigenvalue weighted by Gasteiger charge is -2.32. The third-order valence-corrected chi connectivity index (χ3v) is 4.55. The Kier molecular flexibility index (Phi) is 4.42. The first-order valence-corrected chi connectivity index (χ1v) is 7.43. The fourth-order valence-electron chi connectivity index (χ4n) is 2.01. The highest BCUT2D eigenvalue weighted by atomic mass is 32.2. The molecule has 0 radical (unpaired) electrons. The lowest BCUT2D eigenvalue weighted by molar-refractivity contribution is 0.224. The van der Waals surface area contributed by atoms with E-state index in [1.54, 1.807) is 0 Å². The minimum atomic E-state index is 0.472. The molecule has 1 heterocycles. The summed E-state index contributed by atoms with van der Waals surface area (Å²) in [5.74, 6) is 2.49. The number of thioether (sulfide) groups is 1. The van der Waals surface area contributed by atoms with Gasteiger partial charge < -0.3 is 5.73 Å². The summed E-state index contributed by atoms with van der Waals surface area (Å²) < 4.78 is 0. The van der Waals surface area contributed by atoms with E-state index in [9.17, 15) is 0 Å². The highest BCUT2D eigenvalue weighted by molar-refractivity contribution is 7.99. The molecule has 0 amide bonds. The van der Waals surface area contributed by atoms with E-state index in [4.69, 9.17) is 18.0 Å². The summed E-state index contributed by atoms with van der Waals surface area (Å²) in [5, 5.41) is 0. The zero-order chi connectivity index (χ0) is 12.3. The van der Waals surface area contributed by atoms with Gasteiger partial charge in [0.1, 0.15) is 4.99 Å². The van der Waals surface area contributed by atoms with Gasteiger partial charge in [-0.1, -0.05) is 36.5 Å². The van der Waals surface area contributed by atoms with Gasteiger partial charge in [0.25, 0.3) is 0 Å². The molecule has 0 saturated carbocycles. The molecule has 1 aliphatic rings. The standard InChI is InChI=1S/C13H18N2S2/c1-10-9-17-7-6-15(10)8-11-2-4-12(5-3-11)13(14)16/h2-5,10H,6-9H2,1H3,(H2,14,16). The van der Waals surface area contributed by atoms with Crippen molar-refractivity contribution >= 4 is 29.0 Å². The Morgan fingerprint density at radius 3 is 2.76 bits per heavy atom. The van der Waals surface area contributed by atoms with Crippen molar-refractivity contribution in [2.75, 3.05) is 18.1 Å². The molecule has 1 atom stereocenters. The predicted octanol–water partition coefficient (Wildman–Crippen LogP) is 2.26. The molecule has 1 fully saturated rings. The average molecular weight is 266 g/mol.